The van der Waals surface area contributed by atoms with Gasteiger partial charge in [-0.25, -0.2) is 0 Å². The predicted molar refractivity (Wildman–Crippen MR) is 80.5 cm³/mol. The lowest BCUT2D eigenvalue weighted by molar-refractivity contribution is 0.232. The van der Waals surface area contributed by atoms with Gasteiger partial charge in [0.15, 0.2) is 0 Å². The zero-order chi connectivity index (χ0) is 13.9. The molecular formula is C18H28. The molecule has 0 nitrogen and oxygen atoms in total. The second kappa shape index (κ2) is 3.85. The van der Waals surface area contributed by atoms with Gasteiger partial charge in [-0.3, -0.25) is 0 Å². The highest BCUT2D eigenvalue weighted by Crippen LogP contribution is 2.50. The van der Waals surface area contributed by atoms with Crippen molar-refractivity contribution in [1.82, 2.24) is 0 Å². The Balaban J connectivity index is 2.84. The molecule has 1 atom stereocenters. The summed E-state index contributed by atoms with van der Waals surface area (Å²) in [4.78, 5) is 0. The van der Waals surface area contributed by atoms with Gasteiger partial charge in [0.05, 0.1) is 0 Å². The van der Waals surface area contributed by atoms with Gasteiger partial charge in [0.25, 0.3) is 0 Å². The van der Waals surface area contributed by atoms with Gasteiger partial charge < -0.3 is 0 Å². The monoisotopic (exact) mass is 244 g/mol. The van der Waals surface area contributed by atoms with Gasteiger partial charge in [0.2, 0.25) is 0 Å². The topological polar surface area (TPSA) is 0 Å². The van der Waals surface area contributed by atoms with Crippen LogP contribution in [0.1, 0.15) is 68.9 Å². The largest absolute Gasteiger partial charge is 0.0616 e. The average Bonchev–Trinajstić information content (AvgIpc) is 2.22. The van der Waals surface area contributed by atoms with E-state index in [-0.39, 0.29) is 0 Å². The van der Waals surface area contributed by atoms with E-state index < -0.39 is 0 Å². The number of rotatable bonds is 0. The number of hydrogen-bond acceptors (Lipinski definition) is 0. The van der Waals surface area contributed by atoms with Gasteiger partial charge >= 0.3 is 0 Å². The van der Waals surface area contributed by atoms with E-state index in [1.807, 2.05) is 0 Å². The van der Waals surface area contributed by atoms with Crippen LogP contribution in [0.5, 0.6) is 0 Å². The zero-order valence-corrected chi connectivity index (χ0v) is 13.4. The van der Waals surface area contributed by atoms with E-state index in [4.69, 9.17) is 0 Å². The Labute approximate surface area is 113 Å². The molecule has 0 heterocycles. The molecule has 0 aliphatic heterocycles. The second-order valence-electron chi connectivity index (χ2n) is 7.58. The van der Waals surface area contributed by atoms with Crippen molar-refractivity contribution in [3.8, 4) is 0 Å². The maximum absolute atomic E-state index is 2.45. The summed E-state index contributed by atoms with van der Waals surface area (Å²) in [5, 5.41) is 0. The van der Waals surface area contributed by atoms with Gasteiger partial charge in [0.1, 0.15) is 0 Å². The Morgan fingerprint density at radius 1 is 1.00 bits per heavy atom. The maximum Gasteiger partial charge on any atom is -0.00720 e. The average molecular weight is 244 g/mol. The molecule has 0 amide bonds. The molecule has 1 aromatic carbocycles. The SMILES string of the molecule is Cc1cc2c(c(C)c1C)C(C)(C)C(C)CC2(C)C. The first kappa shape index (κ1) is 13.6. The van der Waals surface area contributed by atoms with E-state index in [2.05, 4.69) is 61.5 Å². The molecule has 0 bridgehead atoms. The fourth-order valence-electron chi connectivity index (χ4n) is 3.82. The molecule has 0 saturated heterocycles. The fraction of sp³-hybridized carbons (Fsp3) is 0.667. The highest BCUT2D eigenvalue weighted by atomic mass is 14.5. The van der Waals surface area contributed by atoms with Crippen LogP contribution in [0, 0.1) is 26.7 Å². The summed E-state index contributed by atoms with van der Waals surface area (Å²) in [6.45, 7) is 18.9. The van der Waals surface area contributed by atoms with Gasteiger partial charge in [-0.2, -0.15) is 0 Å². The van der Waals surface area contributed by atoms with E-state index in [0.717, 1.165) is 5.92 Å². The van der Waals surface area contributed by atoms with Crippen molar-refractivity contribution in [2.45, 2.75) is 72.6 Å². The normalized spacial score (nSPS) is 24.8. The van der Waals surface area contributed by atoms with Crippen molar-refractivity contribution < 1.29 is 0 Å². The Kier molecular flexibility index (Phi) is 2.92. The van der Waals surface area contributed by atoms with Crippen LogP contribution in [0.2, 0.25) is 0 Å². The Bertz CT molecular complexity index is 489. The minimum absolute atomic E-state index is 0.299. The summed E-state index contributed by atoms with van der Waals surface area (Å²) >= 11 is 0. The smallest absolute Gasteiger partial charge is 0.00720 e. The van der Waals surface area contributed by atoms with E-state index in [1.54, 1.807) is 11.1 Å². The van der Waals surface area contributed by atoms with E-state index in [0.29, 0.717) is 10.8 Å². The van der Waals surface area contributed by atoms with Crippen molar-refractivity contribution in [2.24, 2.45) is 5.92 Å². The zero-order valence-electron chi connectivity index (χ0n) is 13.4. The lowest BCUT2D eigenvalue weighted by atomic mass is 9.57. The summed E-state index contributed by atoms with van der Waals surface area (Å²) < 4.78 is 0. The van der Waals surface area contributed by atoms with Gasteiger partial charge in [0, 0.05) is 0 Å². The van der Waals surface area contributed by atoms with Gasteiger partial charge in [-0.05, 0) is 71.8 Å². The molecule has 0 fully saturated rings. The Morgan fingerprint density at radius 3 is 2.11 bits per heavy atom. The Morgan fingerprint density at radius 2 is 1.56 bits per heavy atom. The van der Waals surface area contributed by atoms with Crippen molar-refractivity contribution in [2.75, 3.05) is 0 Å². The fourth-order valence-corrected chi connectivity index (χ4v) is 3.82. The molecule has 0 spiro atoms. The molecule has 0 N–H and O–H groups in total. The molecule has 100 valence electrons. The summed E-state index contributed by atoms with van der Waals surface area (Å²) in [6.07, 6.45) is 1.29. The van der Waals surface area contributed by atoms with Crippen LogP contribution in [0.3, 0.4) is 0 Å². The second-order valence-corrected chi connectivity index (χ2v) is 7.58. The van der Waals surface area contributed by atoms with Gasteiger partial charge in [-0.15, -0.1) is 0 Å². The molecule has 1 aromatic rings. The highest BCUT2D eigenvalue weighted by Gasteiger charge is 2.43. The number of benzene rings is 1. The van der Waals surface area contributed by atoms with Crippen LogP contribution in [-0.2, 0) is 10.8 Å². The molecule has 0 radical (unpaired) electrons. The van der Waals surface area contributed by atoms with Crippen LogP contribution in [0.25, 0.3) is 0 Å². The Hall–Kier alpha value is -0.780. The van der Waals surface area contributed by atoms with E-state index in [9.17, 15) is 0 Å². The third-order valence-electron chi connectivity index (χ3n) is 5.58. The molecule has 2 rings (SSSR count). The standard InChI is InChI=1S/C18H28/c1-11-9-15-16(14(4)13(11)3)18(7,8)12(2)10-17(15,5)6/h9,12H,10H2,1-8H3. The molecule has 18 heavy (non-hydrogen) atoms. The number of aryl methyl sites for hydroxylation is 1. The van der Waals surface area contributed by atoms with Crippen molar-refractivity contribution in [3.05, 3.63) is 33.9 Å². The molecule has 0 heteroatoms. The summed E-state index contributed by atoms with van der Waals surface area (Å²) in [6, 6.07) is 2.45. The summed E-state index contributed by atoms with van der Waals surface area (Å²) in [5.74, 6) is 0.737. The molecule has 1 aliphatic rings. The first-order valence-electron chi connectivity index (χ1n) is 7.21. The number of fused-ring (bicyclic) bond motifs is 1. The lowest BCUT2D eigenvalue weighted by Crippen LogP contribution is -2.41. The van der Waals surface area contributed by atoms with Crippen LogP contribution in [0.4, 0.5) is 0 Å². The highest BCUT2D eigenvalue weighted by molar-refractivity contribution is 5.52. The summed E-state index contributed by atoms with van der Waals surface area (Å²) in [5.41, 5.74) is 8.27. The maximum atomic E-state index is 2.45. The molecule has 1 unspecified atom stereocenters. The van der Waals surface area contributed by atoms with Crippen molar-refractivity contribution in [1.29, 1.82) is 0 Å². The van der Waals surface area contributed by atoms with Gasteiger partial charge in [-0.1, -0.05) is 40.7 Å². The van der Waals surface area contributed by atoms with Crippen LogP contribution in [0.15, 0.2) is 6.07 Å². The first-order chi connectivity index (χ1) is 8.09. The predicted octanol–water partition coefficient (Wildman–Crippen LogP) is 5.21. The minimum Gasteiger partial charge on any atom is -0.0616 e. The molecular weight excluding hydrogens is 216 g/mol. The van der Waals surface area contributed by atoms with E-state index in [1.165, 1.54) is 23.1 Å². The van der Waals surface area contributed by atoms with Crippen molar-refractivity contribution >= 4 is 0 Å². The quantitative estimate of drug-likeness (QED) is 0.588. The molecule has 0 saturated carbocycles. The minimum atomic E-state index is 0.299. The van der Waals surface area contributed by atoms with Crippen molar-refractivity contribution in [3.63, 3.8) is 0 Å². The summed E-state index contributed by atoms with van der Waals surface area (Å²) in [7, 11) is 0. The lowest BCUT2D eigenvalue weighted by Gasteiger charge is -2.48. The molecule has 0 aromatic heterocycles. The van der Waals surface area contributed by atoms with Crippen LogP contribution < -0.4 is 0 Å². The molecule has 1 aliphatic carbocycles. The number of hydrogen-bond donors (Lipinski definition) is 0. The van der Waals surface area contributed by atoms with E-state index >= 15 is 0 Å². The third kappa shape index (κ3) is 1.73. The van der Waals surface area contributed by atoms with Crippen LogP contribution >= 0.6 is 0 Å². The third-order valence-corrected chi connectivity index (χ3v) is 5.58. The van der Waals surface area contributed by atoms with Crippen LogP contribution in [-0.4, -0.2) is 0 Å². The first-order valence-corrected chi connectivity index (χ1v) is 7.21.